The number of carbonyl (C=O) groups excluding carboxylic acids is 1. The number of nitrogens with one attached hydrogen (secondary N) is 1. The zero-order valence-electron chi connectivity index (χ0n) is 15.8. The fourth-order valence-electron chi connectivity index (χ4n) is 5.76. The van der Waals surface area contributed by atoms with Gasteiger partial charge in [-0.1, -0.05) is 18.2 Å². The molecule has 3 unspecified atom stereocenters. The quantitative estimate of drug-likeness (QED) is 0.800. The normalized spacial score (nSPS) is 33.5. The number of hydrogen-bond acceptors (Lipinski definition) is 4. The van der Waals surface area contributed by atoms with E-state index in [2.05, 4.69) is 15.2 Å². The first kappa shape index (κ1) is 18.8. The number of ketones is 1. The number of piperidine rings is 3. The first-order chi connectivity index (χ1) is 13.9. The second-order valence-electron chi connectivity index (χ2n) is 8.28. The number of fused-ring (bicyclic) bond motifs is 2. The Balaban J connectivity index is 1.60. The van der Waals surface area contributed by atoms with Crippen LogP contribution in [0.3, 0.4) is 0 Å². The first-order valence-corrected chi connectivity index (χ1v) is 10.0. The van der Waals surface area contributed by atoms with Gasteiger partial charge in [0.1, 0.15) is 5.54 Å². The standard InChI is InChI=1S/C22H22F3N3O/c23-22(24,25)17-5-3-15(4-6-17)20(29)21-18(16-2-1-9-26-12-16)13-27-19(21)14-7-10-28(21)11-8-14/h1-6,9,12,14,18-19,27H,7-8,10-11,13H2. The van der Waals surface area contributed by atoms with Crippen molar-refractivity contribution in [2.45, 2.75) is 36.5 Å². The molecule has 4 aliphatic rings. The number of rotatable bonds is 3. The number of alkyl halides is 3. The predicted octanol–water partition coefficient (Wildman–Crippen LogP) is 3.50. The van der Waals surface area contributed by atoms with Gasteiger partial charge in [0, 0.05) is 36.5 Å². The maximum Gasteiger partial charge on any atom is 0.416 e. The Labute approximate surface area is 167 Å². The van der Waals surface area contributed by atoms with Crippen LogP contribution >= 0.6 is 0 Å². The highest BCUT2D eigenvalue weighted by atomic mass is 19.4. The fraction of sp³-hybridized carbons (Fsp3) is 0.455. The van der Waals surface area contributed by atoms with Gasteiger partial charge in [-0.05, 0) is 55.6 Å². The average molecular weight is 401 g/mol. The van der Waals surface area contributed by atoms with E-state index in [0.717, 1.165) is 43.6 Å². The van der Waals surface area contributed by atoms with E-state index >= 15 is 0 Å². The lowest BCUT2D eigenvalue weighted by atomic mass is 9.63. The van der Waals surface area contributed by atoms with Crippen molar-refractivity contribution in [2.24, 2.45) is 5.92 Å². The second-order valence-corrected chi connectivity index (χ2v) is 8.28. The Morgan fingerprint density at radius 1 is 1.14 bits per heavy atom. The summed E-state index contributed by atoms with van der Waals surface area (Å²) in [6, 6.07) is 8.55. The molecule has 0 radical (unpaired) electrons. The molecule has 1 N–H and O–H groups in total. The SMILES string of the molecule is O=C(c1ccc(C(F)(F)F)cc1)C12C(c3cccnc3)CNC1C1CCN2CC1. The molecule has 6 rings (SSSR count). The topological polar surface area (TPSA) is 45.2 Å². The second kappa shape index (κ2) is 6.64. The number of pyridine rings is 1. The summed E-state index contributed by atoms with van der Waals surface area (Å²) >= 11 is 0. The number of Topliss-reactive ketones (excluding diaryl/α,β-unsaturated/α-hetero) is 1. The molecule has 2 bridgehead atoms. The Hall–Kier alpha value is -2.25. The number of benzene rings is 1. The summed E-state index contributed by atoms with van der Waals surface area (Å²) in [5.74, 6) is 0.235. The minimum Gasteiger partial charge on any atom is -0.311 e. The molecule has 152 valence electrons. The molecule has 0 amide bonds. The van der Waals surface area contributed by atoms with Gasteiger partial charge in [-0.2, -0.15) is 13.2 Å². The van der Waals surface area contributed by atoms with Gasteiger partial charge in [0.25, 0.3) is 0 Å². The van der Waals surface area contributed by atoms with Crippen LogP contribution in [-0.4, -0.2) is 46.9 Å². The third-order valence-corrected chi connectivity index (χ3v) is 7.01. The highest BCUT2D eigenvalue weighted by Crippen LogP contribution is 2.51. The Kier molecular flexibility index (Phi) is 4.29. The molecule has 4 nitrogen and oxygen atoms in total. The Bertz CT molecular complexity index is 907. The number of carbonyl (C=O) groups is 1. The largest absolute Gasteiger partial charge is 0.416 e. The highest BCUT2D eigenvalue weighted by Gasteiger charge is 2.64. The monoisotopic (exact) mass is 401 g/mol. The summed E-state index contributed by atoms with van der Waals surface area (Å²) in [5, 5.41) is 3.60. The maximum absolute atomic E-state index is 14.0. The molecule has 7 heteroatoms. The van der Waals surface area contributed by atoms with Crippen LogP contribution in [0.5, 0.6) is 0 Å². The Morgan fingerprint density at radius 2 is 1.86 bits per heavy atom. The molecule has 0 aliphatic carbocycles. The smallest absolute Gasteiger partial charge is 0.311 e. The van der Waals surface area contributed by atoms with E-state index in [1.165, 1.54) is 12.1 Å². The fourth-order valence-corrected chi connectivity index (χ4v) is 5.76. The summed E-state index contributed by atoms with van der Waals surface area (Å²) in [5.41, 5.74) is -0.172. The van der Waals surface area contributed by atoms with E-state index in [1.807, 2.05) is 12.1 Å². The van der Waals surface area contributed by atoms with E-state index in [-0.39, 0.29) is 17.7 Å². The van der Waals surface area contributed by atoms with Gasteiger partial charge in [0.2, 0.25) is 0 Å². The molecule has 1 aromatic carbocycles. The lowest BCUT2D eigenvalue weighted by molar-refractivity contribution is -0.137. The predicted molar refractivity (Wildman–Crippen MR) is 102 cm³/mol. The number of hydrogen-bond donors (Lipinski definition) is 1. The summed E-state index contributed by atoms with van der Waals surface area (Å²) in [6.07, 6.45) is 1.18. The zero-order chi connectivity index (χ0) is 20.2. The van der Waals surface area contributed by atoms with Crippen molar-refractivity contribution in [2.75, 3.05) is 19.6 Å². The lowest BCUT2D eigenvalue weighted by Gasteiger charge is -2.57. The molecule has 4 fully saturated rings. The summed E-state index contributed by atoms with van der Waals surface area (Å²) in [7, 11) is 0. The van der Waals surface area contributed by atoms with Gasteiger partial charge < -0.3 is 5.32 Å². The maximum atomic E-state index is 14.0. The van der Waals surface area contributed by atoms with Crippen molar-refractivity contribution in [1.29, 1.82) is 0 Å². The van der Waals surface area contributed by atoms with E-state index < -0.39 is 17.3 Å². The molecule has 0 saturated carbocycles. The highest BCUT2D eigenvalue weighted by molar-refractivity contribution is 6.05. The lowest BCUT2D eigenvalue weighted by Crippen LogP contribution is -2.72. The molecule has 3 atom stereocenters. The number of aromatic nitrogens is 1. The zero-order valence-corrected chi connectivity index (χ0v) is 15.8. The summed E-state index contributed by atoms with van der Waals surface area (Å²) in [6.45, 7) is 2.34. The summed E-state index contributed by atoms with van der Waals surface area (Å²) in [4.78, 5) is 20.5. The minimum atomic E-state index is -4.41. The van der Waals surface area contributed by atoms with Crippen LogP contribution < -0.4 is 5.32 Å². The third-order valence-electron chi connectivity index (χ3n) is 7.01. The van der Waals surface area contributed by atoms with Crippen LogP contribution in [0.1, 0.15) is 40.2 Å². The van der Waals surface area contributed by atoms with Crippen molar-refractivity contribution in [3.8, 4) is 0 Å². The summed E-state index contributed by atoms with van der Waals surface area (Å²) < 4.78 is 39.0. The van der Waals surface area contributed by atoms with Gasteiger partial charge in [-0.25, -0.2) is 0 Å². The molecule has 4 aliphatic heterocycles. The van der Waals surface area contributed by atoms with Gasteiger partial charge in [0.15, 0.2) is 5.78 Å². The van der Waals surface area contributed by atoms with E-state index in [0.29, 0.717) is 18.0 Å². The molecule has 0 spiro atoms. The van der Waals surface area contributed by atoms with Crippen molar-refractivity contribution < 1.29 is 18.0 Å². The molecule has 1 aromatic heterocycles. The van der Waals surface area contributed by atoms with E-state index in [1.54, 1.807) is 12.4 Å². The third kappa shape index (κ3) is 2.74. The van der Waals surface area contributed by atoms with Crippen LogP contribution in [0.4, 0.5) is 13.2 Å². The Morgan fingerprint density at radius 3 is 2.48 bits per heavy atom. The van der Waals surface area contributed by atoms with Crippen LogP contribution in [0.25, 0.3) is 0 Å². The van der Waals surface area contributed by atoms with Crippen LogP contribution in [-0.2, 0) is 6.18 Å². The van der Waals surface area contributed by atoms with Crippen LogP contribution in [0.15, 0.2) is 48.8 Å². The van der Waals surface area contributed by atoms with Gasteiger partial charge >= 0.3 is 6.18 Å². The van der Waals surface area contributed by atoms with E-state index in [9.17, 15) is 18.0 Å². The average Bonchev–Trinajstić information content (AvgIpc) is 3.18. The molecule has 2 aromatic rings. The van der Waals surface area contributed by atoms with Gasteiger partial charge in [0.05, 0.1) is 5.56 Å². The van der Waals surface area contributed by atoms with Crippen LogP contribution in [0.2, 0.25) is 0 Å². The molecule has 4 saturated heterocycles. The molecule has 5 heterocycles. The van der Waals surface area contributed by atoms with Crippen molar-refractivity contribution >= 4 is 5.78 Å². The molecular formula is C22H22F3N3O. The van der Waals surface area contributed by atoms with Gasteiger partial charge in [-0.3, -0.25) is 14.7 Å². The van der Waals surface area contributed by atoms with Crippen molar-refractivity contribution in [3.05, 3.63) is 65.5 Å². The van der Waals surface area contributed by atoms with Crippen molar-refractivity contribution in [3.63, 3.8) is 0 Å². The van der Waals surface area contributed by atoms with E-state index in [4.69, 9.17) is 0 Å². The number of halogens is 3. The molecule has 29 heavy (non-hydrogen) atoms. The van der Waals surface area contributed by atoms with Crippen molar-refractivity contribution in [1.82, 2.24) is 15.2 Å². The van der Waals surface area contributed by atoms with Crippen LogP contribution in [0, 0.1) is 5.92 Å². The first-order valence-electron chi connectivity index (χ1n) is 10.0. The minimum absolute atomic E-state index is 0.00463. The number of nitrogens with zero attached hydrogens (tertiary/aromatic N) is 2. The molecular weight excluding hydrogens is 379 g/mol. The van der Waals surface area contributed by atoms with Gasteiger partial charge in [-0.15, -0.1) is 0 Å².